The second-order valence-corrected chi connectivity index (χ2v) is 10.2. The van der Waals surface area contributed by atoms with Gasteiger partial charge in [-0.05, 0) is 63.2 Å². The quantitative estimate of drug-likeness (QED) is 0.194. The van der Waals surface area contributed by atoms with Gasteiger partial charge in [-0.2, -0.15) is 8.78 Å². The number of aryl methyl sites for hydroxylation is 1. The fraction of sp³-hybridized carbons (Fsp3) is 0.208. The van der Waals surface area contributed by atoms with Crippen molar-refractivity contribution in [2.24, 2.45) is 0 Å². The third kappa shape index (κ3) is 5.68. The Morgan fingerprint density at radius 2 is 1.83 bits per heavy atom. The molecule has 0 unspecified atom stereocenters. The van der Waals surface area contributed by atoms with E-state index in [1.165, 1.54) is 41.3 Å². The number of Topliss-reactive ketones (excluding diaryl/α,β-unsaturated/α-hetero) is 1. The van der Waals surface area contributed by atoms with E-state index in [-0.39, 0.29) is 11.5 Å². The SMILES string of the molecule is Cc1cc(C(=O)[C@@H](C)Sc2nnc(Nc3ccccc3F)s2)c(C)n1-c1ccc(OC(F)F)cc1. The van der Waals surface area contributed by atoms with Crippen molar-refractivity contribution in [3.8, 4) is 11.4 Å². The van der Waals surface area contributed by atoms with Gasteiger partial charge in [0.15, 0.2) is 10.1 Å². The summed E-state index contributed by atoms with van der Waals surface area (Å²) in [6.45, 7) is 2.61. The molecule has 0 aliphatic heterocycles. The maximum Gasteiger partial charge on any atom is 0.387 e. The zero-order chi connectivity index (χ0) is 25.1. The first-order valence-corrected chi connectivity index (χ1v) is 12.2. The highest BCUT2D eigenvalue weighted by atomic mass is 32.2. The third-order valence-corrected chi connectivity index (χ3v) is 7.21. The summed E-state index contributed by atoms with van der Waals surface area (Å²) in [5, 5.41) is 11.0. The van der Waals surface area contributed by atoms with Crippen LogP contribution in [0.1, 0.15) is 28.7 Å². The lowest BCUT2D eigenvalue weighted by molar-refractivity contribution is -0.0498. The molecule has 0 saturated carbocycles. The van der Waals surface area contributed by atoms with Crippen molar-refractivity contribution in [3.05, 3.63) is 77.4 Å². The standard InChI is InChI=1S/C24H21F3N4O2S2/c1-13-12-18(14(2)31(13)16-8-10-17(11-9-16)33-22(26)27)21(32)15(3)34-24-30-29-23(35-24)28-20-7-5-4-6-19(20)25/h4-12,15,22H,1-3H3,(H,28,29)/t15-/m1/s1. The van der Waals surface area contributed by atoms with E-state index in [2.05, 4.69) is 20.3 Å². The Labute approximate surface area is 208 Å². The lowest BCUT2D eigenvalue weighted by Gasteiger charge is -2.12. The van der Waals surface area contributed by atoms with Gasteiger partial charge in [-0.3, -0.25) is 4.79 Å². The lowest BCUT2D eigenvalue weighted by Crippen LogP contribution is -2.14. The van der Waals surface area contributed by atoms with E-state index in [1.54, 1.807) is 37.3 Å². The summed E-state index contributed by atoms with van der Waals surface area (Å²) >= 11 is 2.51. The van der Waals surface area contributed by atoms with Crippen LogP contribution in [0.5, 0.6) is 5.75 Å². The number of nitrogens with zero attached hydrogens (tertiary/aromatic N) is 3. The fourth-order valence-electron chi connectivity index (χ4n) is 3.60. The Hall–Kier alpha value is -3.31. The van der Waals surface area contributed by atoms with Crippen molar-refractivity contribution < 1.29 is 22.7 Å². The minimum Gasteiger partial charge on any atom is -0.435 e. The molecule has 0 radical (unpaired) electrons. The van der Waals surface area contributed by atoms with Crippen LogP contribution in [0.3, 0.4) is 0 Å². The number of para-hydroxylation sites is 1. The minimum absolute atomic E-state index is 0.0634. The molecular weight excluding hydrogens is 497 g/mol. The third-order valence-electron chi connectivity index (χ3n) is 5.19. The summed E-state index contributed by atoms with van der Waals surface area (Å²) in [4.78, 5) is 13.2. The molecule has 182 valence electrons. The van der Waals surface area contributed by atoms with Gasteiger partial charge in [-0.15, -0.1) is 10.2 Å². The Morgan fingerprint density at radius 1 is 1.11 bits per heavy atom. The molecule has 4 rings (SSSR count). The number of benzene rings is 2. The number of anilines is 2. The molecule has 11 heteroatoms. The lowest BCUT2D eigenvalue weighted by atomic mass is 10.1. The van der Waals surface area contributed by atoms with Gasteiger partial charge in [0.1, 0.15) is 11.6 Å². The molecule has 0 spiro atoms. The van der Waals surface area contributed by atoms with Crippen LogP contribution in [0.25, 0.3) is 5.69 Å². The van der Waals surface area contributed by atoms with Gasteiger partial charge in [-0.25, -0.2) is 4.39 Å². The summed E-state index contributed by atoms with van der Waals surface area (Å²) in [5.41, 5.74) is 3.16. The van der Waals surface area contributed by atoms with Crippen LogP contribution in [0, 0.1) is 19.7 Å². The van der Waals surface area contributed by atoms with Gasteiger partial charge in [0, 0.05) is 22.6 Å². The van der Waals surface area contributed by atoms with E-state index >= 15 is 0 Å². The van der Waals surface area contributed by atoms with Gasteiger partial charge in [0.05, 0.1) is 10.9 Å². The zero-order valence-corrected chi connectivity index (χ0v) is 20.6. The van der Waals surface area contributed by atoms with Crippen LogP contribution in [0.15, 0.2) is 58.9 Å². The summed E-state index contributed by atoms with van der Waals surface area (Å²) < 4.78 is 45.6. The van der Waals surface area contributed by atoms with Crippen molar-refractivity contribution in [3.63, 3.8) is 0 Å². The summed E-state index contributed by atoms with van der Waals surface area (Å²) in [5.74, 6) is -0.411. The Morgan fingerprint density at radius 3 is 2.51 bits per heavy atom. The average Bonchev–Trinajstić information content (AvgIpc) is 3.38. The van der Waals surface area contributed by atoms with Gasteiger partial charge in [0.25, 0.3) is 0 Å². The van der Waals surface area contributed by atoms with Crippen molar-refractivity contribution in [2.45, 2.75) is 37.0 Å². The summed E-state index contributed by atoms with van der Waals surface area (Å²) in [6, 6.07) is 14.3. The first-order chi connectivity index (χ1) is 16.7. The van der Waals surface area contributed by atoms with Crippen LogP contribution in [0.4, 0.5) is 24.0 Å². The number of rotatable bonds is 9. The molecule has 0 aliphatic carbocycles. The smallest absolute Gasteiger partial charge is 0.387 e. The normalized spacial score (nSPS) is 12.1. The number of hydrogen-bond donors (Lipinski definition) is 1. The number of alkyl halides is 2. The second kappa shape index (κ2) is 10.5. The Bertz CT molecular complexity index is 1340. The van der Waals surface area contributed by atoms with E-state index in [1.807, 2.05) is 24.5 Å². The number of carbonyl (C=O) groups is 1. The molecule has 1 N–H and O–H groups in total. The van der Waals surface area contributed by atoms with E-state index < -0.39 is 17.7 Å². The molecular formula is C24H21F3N4O2S2. The zero-order valence-electron chi connectivity index (χ0n) is 19.0. The van der Waals surface area contributed by atoms with Gasteiger partial charge < -0.3 is 14.6 Å². The molecule has 2 aromatic carbocycles. The van der Waals surface area contributed by atoms with Crippen molar-refractivity contribution in [1.82, 2.24) is 14.8 Å². The fourth-order valence-corrected chi connectivity index (χ4v) is 5.57. The molecule has 0 saturated heterocycles. The van der Waals surface area contributed by atoms with Crippen molar-refractivity contribution >= 4 is 39.7 Å². The van der Waals surface area contributed by atoms with Crippen LogP contribution >= 0.6 is 23.1 Å². The van der Waals surface area contributed by atoms with E-state index in [9.17, 15) is 18.0 Å². The predicted octanol–water partition coefficient (Wildman–Crippen LogP) is 6.79. The van der Waals surface area contributed by atoms with Gasteiger partial charge in [-0.1, -0.05) is 35.2 Å². The largest absolute Gasteiger partial charge is 0.435 e. The molecule has 6 nitrogen and oxygen atoms in total. The number of nitrogens with one attached hydrogen (secondary N) is 1. The molecule has 0 fully saturated rings. The maximum absolute atomic E-state index is 13.9. The number of ether oxygens (including phenoxy) is 1. The molecule has 0 bridgehead atoms. The number of halogens is 3. The monoisotopic (exact) mass is 518 g/mol. The van der Waals surface area contributed by atoms with E-state index in [0.717, 1.165) is 17.1 Å². The molecule has 1 atom stereocenters. The summed E-state index contributed by atoms with van der Waals surface area (Å²) in [6.07, 6.45) is 0. The molecule has 4 aromatic rings. The van der Waals surface area contributed by atoms with Crippen LogP contribution in [-0.2, 0) is 0 Å². The van der Waals surface area contributed by atoms with E-state index in [4.69, 9.17) is 0 Å². The number of aromatic nitrogens is 3. The highest BCUT2D eigenvalue weighted by molar-refractivity contribution is 8.02. The van der Waals surface area contributed by atoms with Crippen molar-refractivity contribution in [2.75, 3.05) is 5.32 Å². The summed E-state index contributed by atoms with van der Waals surface area (Å²) in [7, 11) is 0. The first-order valence-electron chi connectivity index (χ1n) is 10.5. The molecule has 2 aromatic heterocycles. The van der Waals surface area contributed by atoms with Crippen LogP contribution in [-0.4, -0.2) is 32.4 Å². The highest BCUT2D eigenvalue weighted by Gasteiger charge is 2.24. The highest BCUT2D eigenvalue weighted by Crippen LogP contribution is 2.33. The second-order valence-electron chi connectivity index (χ2n) is 7.59. The molecule has 35 heavy (non-hydrogen) atoms. The number of hydrogen-bond acceptors (Lipinski definition) is 7. The topological polar surface area (TPSA) is 69.0 Å². The molecule has 2 heterocycles. The number of carbonyl (C=O) groups excluding carboxylic acids is 1. The van der Waals surface area contributed by atoms with Crippen LogP contribution in [0.2, 0.25) is 0 Å². The van der Waals surface area contributed by atoms with Gasteiger partial charge in [0.2, 0.25) is 5.13 Å². The molecule has 0 amide bonds. The van der Waals surface area contributed by atoms with Crippen LogP contribution < -0.4 is 10.1 Å². The van der Waals surface area contributed by atoms with Crippen molar-refractivity contribution in [1.29, 1.82) is 0 Å². The maximum atomic E-state index is 13.9. The Kier molecular flexibility index (Phi) is 7.46. The predicted molar refractivity (Wildman–Crippen MR) is 131 cm³/mol. The first kappa shape index (κ1) is 24.8. The van der Waals surface area contributed by atoms with E-state index in [0.29, 0.717) is 20.7 Å². The Balaban J connectivity index is 1.47. The number of ketones is 1. The minimum atomic E-state index is -2.89. The van der Waals surface area contributed by atoms with Gasteiger partial charge >= 0.3 is 6.61 Å². The average molecular weight is 519 g/mol. The molecule has 0 aliphatic rings. The number of thioether (sulfide) groups is 1.